The van der Waals surface area contributed by atoms with Crippen molar-refractivity contribution in [2.24, 2.45) is 5.92 Å². The zero-order chi connectivity index (χ0) is 30.1. The number of aliphatic carboxylic acids is 1. The van der Waals surface area contributed by atoms with Crippen LogP contribution in [0, 0.1) is 5.92 Å². The largest absolute Gasteiger partial charge is 0.481 e. The third kappa shape index (κ3) is 31.2. The summed E-state index contributed by atoms with van der Waals surface area (Å²) in [5.74, 6) is -1.89. The number of unbranched alkanes of at least 4 members (excludes halogenated alkanes) is 24. The molecule has 240 valence electrons. The third-order valence-electron chi connectivity index (χ3n) is 8.16. The second kappa shape index (κ2) is 32.9. The molecule has 0 bridgehead atoms. The van der Waals surface area contributed by atoms with Crippen molar-refractivity contribution >= 4 is 11.9 Å². The first-order valence-corrected chi connectivity index (χ1v) is 17.8. The standard InChI is InChI=1S/C37H68O4/c1-3-5-6-7-8-9-10-11-12-13-14-15-16-17-18-19-20-21-22-23-24-25-26-27-28-29-30-31-32-35(34-36(38)39)37(40)41-33-4-2/h4,17-18,35H,2-3,5-16,19-34H2,1H3,(H,38,39)/b18-17+. The van der Waals surface area contributed by atoms with Gasteiger partial charge in [-0.1, -0.05) is 173 Å². The van der Waals surface area contributed by atoms with Crippen molar-refractivity contribution in [2.45, 2.75) is 187 Å². The van der Waals surface area contributed by atoms with Gasteiger partial charge in [-0.25, -0.2) is 0 Å². The number of carboxylic acids is 1. The lowest BCUT2D eigenvalue weighted by Gasteiger charge is -2.13. The Hall–Kier alpha value is -1.58. The smallest absolute Gasteiger partial charge is 0.309 e. The van der Waals surface area contributed by atoms with Crippen molar-refractivity contribution in [1.29, 1.82) is 0 Å². The van der Waals surface area contributed by atoms with Gasteiger partial charge >= 0.3 is 11.9 Å². The fourth-order valence-electron chi connectivity index (χ4n) is 5.53. The second-order valence-electron chi connectivity index (χ2n) is 12.2. The molecule has 0 aromatic heterocycles. The minimum absolute atomic E-state index is 0.145. The SMILES string of the molecule is C=CCOC(=O)C(CCCCCCCCCCCCCC/C=C/CCCCCCCCCCCCCC)CC(=O)O. The van der Waals surface area contributed by atoms with E-state index < -0.39 is 17.9 Å². The zero-order valence-corrected chi connectivity index (χ0v) is 27.2. The third-order valence-corrected chi connectivity index (χ3v) is 8.16. The van der Waals surface area contributed by atoms with E-state index in [-0.39, 0.29) is 13.0 Å². The van der Waals surface area contributed by atoms with E-state index in [0.29, 0.717) is 6.42 Å². The highest BCUT2D eigenvalue weighted by Crippen LogP contribution is 2.18. The average molecular weight is 577 g/mol. The molecule has 0 rings (SSSR count). The van der Waals surface area contributed by atoms with Crippen LogP contribution < -0.4 is 0 Å². The minimum atomic E-state index is -0.942. The van der Waals surface area contributed by atoms with E-state index in [1.54, 1.807) is 0 Å². The highest BCUT2D eigenvalue weighted by Gasteiger charge is 2.22. The number of esters is 1. The Morgan fingerprint density at radius 1 is 0.610 bits per heavy atom. The van der Waals surface area contributed by atoms with Crippen LogP contribution >= 0.6 is 0 Å². The Morgan fingerprint density at radius 2 is 0.976 bits per heavy atom. The van der Waals surface area contributed by atoms with Crippen LogP contribution in [0.5, 0.6) is 0 Å². The van der Waals surface area contributed by atoms with Crippen molar-refractivity contribution in [3.63, 3.8) is 0 Å². The maximum atomic E-state index is 12.0. The predicted molar refractivity (Wildman–Crippen MR) is 176 cm³/mol. The molecule has 4 heteroatoms. The maximum Gasteiger partial charge on any atom is 0.309 e. The highest BCUT2D eigenvalue weighted by molar-refractivity contribution is 5.79. The number of hydrogen-bond acceptors (Lipinski definition) is 3. The lowest BCUT2D eigenvalue weighted by Crippen LogP contribution is -2.21. The Kier molecular flexibility index (Phi) is 31.7. The van der Waals surface area contributed by atoms with Crippen LogP contribution in [0.2, 0.25) is 0 Å². The normalized spacial score (nSPS) is 12.1. The van der Waals surface area contributed by atoms with Crippen molar-refractivity contribution in [3.8, 4) is 0 Å². The summed E-state index contributed by atoms with van der Waals surface area (Å²) in [6.45, 7) is 5.96. The minimum Gasteiger partial charge on any atom is -0.481 e. The molecule has 1 N–H and O–H groups in total. The molecule has 1 unspecified atom stereocenters. The molecule has 0 aromatic carbocycles. The van der Waals surface area contributed by atoms with E-state index in [1.165, 1.54) is 154 Å². The molecule has 0 radical (unpaired) electrons. The molecule has 0 fully saturated rings. The number of rotatable bonds is 33. The average Bonchev–Trinajstić information content (AvgIpc) is 2.96. The number of carboxylic acid groups (broad SMARTS) is 1. The lowest BCUT2D eigenvalue weighted by atomic mass is 9.97. The molecule has 41 heavy (non-hydrogen) atoms. The fourth-order valence-corrected chi connectivity index (χ4v) is 5.53. The molecular formula is C37H68O4. The fraction of sp³-hybridized carbons (Fsp3) is 0.838. The molecule has 0 aromatic rings. The Labute approximate surface area is 255 Å². The van der Waals surface area contributed by atoms with Gasteiger partial charge in [-0.15, -0.1) is 0 Å². The maximum absolute atomic E-state index is 12.0. The Morgan fingerprint density at radius 3 is 1.34 bits per heavy atom. The number of carbonyl (C=O) groups is 2. The molecule has 0 saturated heterocycles. The summed E-state index contributed by atoms with van der Waals surface area (Å²) in [7, 11) is 0. The van der Waals surface area contributed by atoms with Gasteiger partial charge in [0.15, 0.2) is 0 Å². The molecule has 4 nitrogen and oxygen atoms in total. The van der Waals surface area contributed by atoms with Crippen LogP contribution in [-0.4, -0.2) is 23.7 Å². The lowest BCUT2D eigenvalue weighted by molar-refractivity contribution is -0.152. The van der Waals surface area contributed by atoms with E-state index in [9.17, 15) is 9.59 Å². The molecule has 0 aliphatic heterocycles. The van der Waals surface area contributed by atoms with Crippen LogP contribution in [0.15, 0.2) is 24.8 Å². The van der Waals surface area contributed by atoms with Crippen molar-refractivity contribution in [3.05, 3.63) is 24.8 Å². The van der Waals surface area contributed by atoms with Gasteiger partial charge in [-0.3, -0.25) is 9.59 Å². The van der Waals surface area contributed by atoms with E-state index in [1.807, 2.05) is 0 Å². The number of hydrogen-bond donors (Lipinski definition) is 1. The summed E-state index contributed by atoms with van der Waals surface area (Å²) < 4.78 is 5.04. The molecule has 0 saturated carbocycles. The monoisotopic (exact) mass is 577 g/mol. The molecular weight excluding hydrogens is 508 g/mol. The second-order valence-corrected chi connectivity index (χ2v) is 12.2. The van der Waals surface area contributed by atoms with Crippen LogP contribution in [0.25, 0.3) is 0 Å². The number of ether oxygens (including phenoxy) is 1. The van der Waals surface area contributed by atoms with Gasteiger partial charge in [0.05, 0.1) is 12.3 Å². The van der Waals surface area contributed by atoms with E-state index in [4.69, 9.17) is 9.84 Å². The van der Waals surface area contributed by atoms with Crippen molar-refractivity contribution in [2.75, 3.05) is 6.61 Å². The number of allylic oxidation sites excluding steroid dienone is 2. The Bertz CT molecular complexity index is 612. The molecule has 0 aliphatic rings. The van der Waals surface area contributed by atoms with Crippen LogP contribution in [0.3, 0.4) is 0 Å². The quantitative estimate of drug-likeness (QED) is 0.0479. The first kappa shape index (κ1) is 39.4. The van der Waals surface area contributed by atoms with E-state index in [2.05, 4.69) is 25.7 Å². The topological polar surface area (TPSA) is 63.6 Å². The zero-order valence-electron chi connectivity index (χ0n) is 27.2. The van der Waals surface area contributed by atoms with Crippen LogP contribution in [-0.2, 0) is 14.3 Å². The van der Waals surface area contributed by atoms with Gasteiger partial charge in [-0.2, -0.15) is 0 Å². The summed E-state index contributed by atoms with van der Waals surface area (Å²) in [6.07, 6.45) is 41.5. The highest BCUT2D eigenvalue weighted by atomic mass is 16.5. The Balaban J connectivity index is 3.34. The van der Waals surface area contributed by atoms with Gasteiger partial charge in [0.2, 0.25) is 0 Å². The molecule has 0 amide bonds. The van der Waals surface area contributed by atoms with Crippen LogP contribution in [0.1, 0.15) is 187 Å². The van der Waals surface area contributed by atoms with Gasteiger partial charge in [0.25, 0.3) is 0 Å². The summed E-state index contributed by atoms with van der Waals surface area (Å²) in [5, 5.41) is 9.03. The summed E-state index contributed by atoms with van der Waals surface area (Å²) in [4.78, 5) is 23.0. The van der Waals surface area contributed by atoms with E-state index >= 15 is 0 Å². The van der Waals surface area contributed by atoms with Gasteiger partial charge in [0.1, 0.15) is 6.61 Å². The number of carbonyl (C=O) groups excluding carboxylic acids is 1. The molecule has 1 atom stereocenters. The van der Waals surface area contributed by atoms with Crippen molar-refractivity contribution in [1.82, 2.24) is 0 Å². The van der Waals surface area contributed by atoms with Gasteiger partial charge < -0.3 is 9.84 Å². The predicted octanol–water partition coefficient (Wildman–Crippen LogP) is 11.9. The summed E-state index contributed by atoms with van der Waals surface area (Å²) in [5.41, 5.74) is 0. The van der Waals surface area contributed by atoms with Gasteiger partial charge in [0, 0.05) is 0 Å². The first-order valence-electron chi connectivity index (χ1n) is 17.8. The van der Waals surface area contributed by atoms with E-state index in [0.717, 1.165) is 19.3 Å². The molecule has 0 spiro atoms. The van der Waals surface area contributed by atoms with Crippen molar-refractivity contribution < 1.29 is 19.4 Å². The van der Waals surface area contributed by atoms with Gasteiger partial charge in [-0.05, 0) is 32.1 Å². The van der Waals surface area contributed by atoms with Crippen LogP contribution in [0.4, 0.5) is 0 Å². The summed E-state index contributed by atoms with van der Waals surface area (Å²) >= 11 is 0. The molecule has 0 heterocycles. The summed E-state index contributed by atoms with van der Waals surface area (Å²) in [6, 6.07) is 0. The first-order chi connectivity index (χ1) is 20.1. The molecule has 0 aliphatic carbocycles.